The number of imidazole rings is 1. The van der Waals surface area contributed by atoms with Crippen molar-refractivity contribution in [2.45, 2.75) is 19.5 Å². The zero-order valence-electron chi connectivity index (χ0n) is 15.4. The minimum absolute atomic E-state index is 0. The second-order valence-electron chi connectivity index (χ2n) is 6.00. The van der Waals surface area contributed by atoms with Gasteiger partial charge in [-0.15, -0.1) is 37.2 Å². The third-order valence-electron chi connectivity index (χ3n) is 4.38. The summed E-state index contributed by atoms with van der Waals surface area (Å²) < 4.78 is 6.86. The maximum Gasteiger partial charge on any atom is 0.287 e. The van der Waals surface area contributed by atoms with Crippen molar-refractivity contribution in [1.82, 2.24) is 24.8 Å². The monoisotopic (exact) mass is 437 g/mol. The van der Waals surface area contributed by atoms with Crippen LogP contribution in [-0.2, 0) is 31.3 Å². The number of hydrogen-bond donors (Lipinski definition) is 1. The van der Waals surface area contributed by atoms with Crippen LogP contribution in [0.5, 0.6) is 0 Å². The van der Waals surface area contributed by atoms with Crippen molar-refractivity contribution in [3.63, 3.8) is 0 Å². The van der Waals surface area contributed by atoms with Gasteiger partial charge in [-0.3, -0.25) is 14.7 Å². The molecule has 0 saturated carbocycles. The van der Waals surface area contributed by atoms with Crippen molar-refractivity contribution in [2.75, 3.05) is 26.8 Å². The molecule has 2 aromatic heterocycles. The van der Waals surface area contributed by atoms with E-state index in [1.54, 1.807) is 24.1 Å². The van der Waals surface area contributed by atoms with E-state index in [4.69, 9.17) is 4.74 Å². The van der Waals surface area contributed by atoms with Crippen LogP contribution in [0.3, 0.4) is 0 Å². The standard InChI is InChI=1S/C17H23N5O2.3ClH/c1-21-6-4-19-16(21)17(23)20-11-13-9-18-10-14-12-22(7-8-24-2)5-3-15(13)14;;;/h4,6,9-10H,3,5,7-8,11-12H2,1-2H3,(H,20,23);3*1H. The van der Waals surface area contributed by atoms with Crippen molar-refractivity contribution in [1.29, 1.82) is 0 Å². The molecule has 152 valence electrons. The summed E-state index contributed by atoms with van der Waals surface area (Å²) in [7, 11) is 3.53. The lowest BCUT2D eigenvalue weighted by Gasteiger charge is -2.29. The Balaban J connectivity index is 0.00000225. The second-order valence-corrected chi connectivity index (χ2v) is 6.00. The van der Waals surface area contributed by atoms with Crippen LogP contribution in [0, 0.1) is 0 Å². The molecule has 0 spiro atoms. The molecule has 2 aromatic rings. The molecule has 1 aliphatic rings. The van der Waals surface area contributed by atoms with Crippen LogP contribution in [0.1, 0.15) is 27.3 Å². The van der Waals surface area contributed by atoms with Gasteiger partial charge in [0.15, 0.2) is 5.82 Å². The van der Waals surface area contributed by atoms with Gasteiger partial charge in [0.05, 0.1) is 6.61 Å². The highest BCUT2D eigenvalue weighted by Crippen LogP contribution is 2.21. The van der Waals surface area contributed by atoms with Crippen molar-refractivity contribution in [3.8, 4) is 0 Å². The van der Waals surface area contributed by atoms with Gasteiger partial charge in [0.1, 0.15) is 0 Å². The number of fused-ring (bicyclic) bond motifs is 1. The van der Waals surface area contributed by atoms with E-state index in [-0.39, 0.29) is 43.1 Å². The summed E-state index contributed by atoms with van der Waals surface area (Å²) in [5.74, 6) is 0.246. The SMILES string of the molecule is COCCN1CCc2c(CNC(=O)c3nccn3C)cncc2C1.Cl.Cl.Cl. The average molecular weight is 439 g/mol. The lowest BCUT2D eigenvalue weighted by Crippen LogP contribution is -2.34. The van der Waals surface area contributed by atoms with Gasteiger partial charge in [-0.2, -0.15) is 0 Å². The molecule has 1 amide bonds. The van der Waals surface area contributed by atoms with Crippen LogP contribution in [0.25, 0.3) is 0 Å². The smallest absolute Gasteiger partial charge is 0.287 e. The topological polar surface area (TPSA) is 72.3 Å². The van der Waals surface area contributed by atoms with Crippen molar-refractivity contribution in [3.05, 3.63) is 47.3 Å². The zero-order valence-corrected chi connectivity index (χ0v) is 17.8. The molecule has 0 saturated heterocycles. The number of aromatic nitrogens is 3. The van der Waals surface area contributed by atoms with E-state index in [9.17, 15) is 4.79 Å². The minimum Gasteiger partial charge on any atom is -0.383 e. The van der Waals surface area contributed by atoms with E-state index >= 15 is 0 Å². The summed E-state index contributed by atoms with van der Waals surface area (Å²) in [6, 6.07) is 0. The van der Waals surface area contributed by atoms with Gasteiger partial charge in [0.2, 0.25) is 0 Å². The molecule has 0 aromatic carbocycles. The van der Waals surface area contributed by atoms with E-state index in [2.05, 4.69) is 20.2 Å². The molecule has 3 heterocycles. The maximum absolute atomic E-state index is 12.2. The first-order valence-electron chi connectivity index (χ1n) is 8.10. The number of amides is 1. The fraction of sp³-hybridized carbons (Fsp3) is 0.471. The summed E-state index contributed by atoms with van der Waals surface area (Å²) >= 11 is 0. The predicted molar refractivity (Wildman–Crippen MR) is 111 cm³/mol. The Bertz CT molecular complexity index is 726. The first-order valence-corrected chi connectivity index (χ1v) is 8.10. The summed E-state index contributed by atoms with van der Waals surface area (Å²) in [5, 5.41) is 2.94. The first kappa shape index (κ1) is 25.6. The number of nitrogens with zero attached hydrogens (tertiary/aromatic N) is 4. The molecule has 0 atom stereocenters. The van der Waals surface area contributed by atoms with Crippen LogP contribution < -0.4 is 5.32 Å². The quantitative estimate of drug-likeness (QED) is 0.747. The Hall–Kier alpha value is -1.38. The molecule has 0 aliphatic carbocycles. The Morgan fingerprint density at radius 2 is 2.07 bits per heavy atom. The Morgan fingerprint density at radius 1 is 1.30 bits per heavy atom. The Labute approximate surface area is 178 Å². The van der Waals surface area contributed by atoms with Gasteiger partial charge in [-0.05, 0) is 23.1 Å². The third-order valence-corrected chi connectivity index (χ3v) is 4.38. The molecule has 1 N–H and O–H groups in total. The number of ether oxygens (including phenoxy) is 1. The highest BCUT2D eigenvalue weighted by molar-refractivity contribution is 5.90. The molecular formula is C17H26Cl3N5O2. The second kappa shape index (κ2) is 12.2. The number of halogens is 3. The molecular weight excluding hydrogens is 413 g/mol. The molecule has 0 fully saturated rings. The molecule has 3 rings (SSSR count). The average Bonchev–Trinajstić information content (AvgIpc) is 3.03. The van der Waals surface area contributed by atoms with Gasteiger partial charge in [-0.1, -0.05) is 0 Å². The summed E-state index contributed by atoms with van der Waals surface area (Å²) in [6.45, 7) is 4.02. The molecule has 10 heteroatoms. The molecule has 0 radical (unpaired) electrons. The van der Waals surface area contributed by atoms with Crippen LogP contribution in [0.4, 0.5) is 0 Å². The van der Waals surface area contributed by atoms with Crippen molar-refractivity contribution >= 4 is 43.1 Å². The van der Waals surface area contributed by atoms with E-state index in [1.165, 1.54) is 11.1 Å². The predicted octanol–water partition coefficient (Wildman–Crippen LogP) is 2.02. The fourth-order valence-electron chi connectivity index (χ4n) is 3.03. The summed E-state index contributed by atoms with van der Waals surface area (Å²) in [6.07, 6.45) is 8.13. The Morgan fingerprint density at radius 3 is 2.74 bits per heavy atom. The first-order chi connectivity index (χ1) is 11.7. The summed E-state index contributed by atoms with van der Waals surface area (Å²) in [5.41, 5.74) is 3.63. The minimum atomic E-state index is -0.169. The van der Waals surface area contributed by atoms with E-state index in [1.807, 2.05) is 19.4 Å². The maximum atomic E-state index is 12.2. The zero-order chi connectivity index (χ0) is 16.9. The third kappa shape index (κ3) is 6.33. The van der Waals surface area contributed by atoms with Crippen molar-refractivity contribution < 1.29 is 9.53 Å². The fourth-order valence-corrected chi connectivity index (χ4v) is 3.03. The Kier molecular flexibility index (Phi) is 11.5. The number of nitrogens with one attached hydrogen (secondary N) is 1. The number of carbonyl (C=O) groups is 1. The molecule has 27 heavy (non-hydrogen) atoms. The molecule has 1 aliphatic heterocycles. The summed E-state index contributed by atoms with van der Waals surface area (Å²) in [4.78, 5) is 23.0. The van der Waals surface area contributed by atoms with Gasteiger partial charge >= 0.3 is 0 Å². The number of pyridine rings is 1. The number of methoxy groups -OCH3 is 1. The molecule has 0 unspecified atom stereocenters. The van der Waals surface area contributed by atoms with E-state index < -0.39 is 0 Å². The largest absolute Gasteiger partial charge is 0.383 e. The number of hydrogen-bond acceptors (Lipinski definition) is 5. The lowest BCUT2D eigenvalue weighted by molar-refractivity contribution is 0.0937. The van der Waals surface area contributed by atoms with Crippen LogP contribution in [0.2, 0.25) is 0 Å². The van der Waals surface area contributed by atoms with Crippen LogP contribution >= 0.6 is 37.2 Å². The van der Waals surface area contributed by atoms with Crippen molar-refractivity contribution in [2.24, 2.45) is 7.05 Å². The number of carbonyl (C=O) groups excluding carboxylic acids is 1. The highest BCUT2D eigenvalue weighted by atomic mass is 35.5. The molecule has 0 bridgehead atoms. The normalized spacial score (nSPS) is 12.8. The number of rotatable bonds is 6. The van der Waals surface area contributed by atoms with Gasteiger partial charge in [0.25, 0.3) is 5.91 Å². The lowest BCUT2D eigenvalue weighted by atomic mass is 9.97. The van der Waals surface area contributed by atoms with E-state index in [0.29, 0.717) is 12.4 Å². The highest BCUT2D eigenvalue weighted by Gasteiger charge is 2.19. The van der Waals surface area contributed by atoms with Gasteiger partial charge in [0, 0.05) is 65.1 Å². The van der Waals surface area contributed by atoms with Crippen LogP contribution in [-0.4, -0.2) is 52.1 Å². The molecule has 7 nitrogen and oxygen atoms in total. The van der Waals surface area contributed by atoms with Gasteiger partial charge < -0.3 is 14.6 Å². The van der Waals surface area contributed by atoms with Crippen LogP contribution in [0.15, 0.2) is 24.8 Å². The number of aryl methyl sites for hydroxylation is 1. The van der Waals surface area contributed by atoms with Gasteiger partial charge in [-0.25, -0.2) is 4.98 Å². The van der Waals surface area contributed by atoms with E-state index in [0.717, 1.165) is 38.2 Å².